The van der Waals surface area contributed by atoms with Crippen LogP contribution in [0.2, 0.25) is 0 Å². The van der Waals surface area contributed by atoms with Crippen molar-refractivity contribution in [3.05, 3.63) is 35.4 Å². The van der Waals surface area contributed by atoms with Crippen molar-refractivity contribution in [1.29, 1.82) is 0 Å². The predicted octanol–water partition coefficient (Wildman–Crippen LogP) is 3.55. The van der Waals surface area contributed by atoms with Crippen LogP contribution in [0.4, 0.5) is 13.2 Å². The summed E-state index contributed by atoms with van der Waals surface area (Å²) in [5.74, 6) is 0.487. The normalized spacial score (nSPS) is 18.8. The van der Waals surface area contributed by atoms with E-state index in [1.54, 1.807) is 6.07 Å². The summed E-state index contributed by atoms with van der Waals surface area (Å²) in [5.41, 5.74) is -0.510. The molecule has 0 radical (unpaired) electrons. The van der Waals surface area contributed by atoms with Gasteiger partial charge >= 0.3 is 6.18 Å². The average Bonchev–Trinajstić information content (AvgIpc) is 3.31. The molecule has 1 aromatic carbocycles. The number of likely N-dealkylation sites (tertiary alicyclic amines) is 1. The van der Waals surface area contributed by atoms with Gasteiger partial charge in [0.05, 0.1) is 5.56 Å². The minimum Gasteiger partial charge on any atom is -0.381 e. The van der Waals surface area contributed by atoms with Gasteiger partial charge in [0, 0.05) is 44.8 Å². The van der Waals surface area contributed by atoms with Gasteiger partial charge in [-0.3, -0.25) is 4.79 Å². The van der Waals surface area contributed by atoms with Crippen molar-refractivity contribution in [2.75, 3.05) is 45.9 Å². The Balaban J connectivity index is 0.00000363. The lowest BCUT2D eigenvalue weighted by Crippen LogP contribution is -2.48. The molecule has 2 aliphatic rings. The van der Waals surface area contributed by atoms with Gasteiger partial charge in [0.25, 0.3) is 0 Å². The highest BCUT2D eigenvalue weighted by molar-refractivity contribution is 14.0. The monoisotopic (exact) mass is 568 g/mol. The number of benzene rings is 1. The number of nitrogens with one attached hydrogen (secondary N) is 2. The third-order valence-corrected chi connectivity index (χ3v) is 6.02. The molecule has 2 heterocycles. The van der Waals surface area contributed by atoms with E-state index in [4.69, 9.17) is 4.74 Å². The molecule has 1 amide bonds. The molecule has 2 N–H and O–H groups in total. The highest BCUT2D eigenvalue weighted by Crippen LogP contribution is 2.37. The van der Waals surface area contributed by atoms with E-state index in [9.17, 15) is 18.0 Å². The summed E-state index contributed by atoms with van der Waals surface area (Å²) >= 11 is 0. The van der Waals surface area contributed by atoms with Gasteiger partial charge in [0.2, 0.25) is 5.91 Å². The van der Waals surface area contributed by atoms with Crippen LogP contribution in [0.5, 0.6) is 0 Å². The zero-order chi connectivity index (χ0) is 22.3. The largest absolute Gasteiger partial charge is 0.416 e. The number of alkyl halides is 3. The molecule has 0 atom stereocenters. The number of ether oxygens (including phenoxy) is 1. The van der Waals surface area contributed by atoms with E-state index in [-0.39, 0.29) is 36.4 Å². The van der Waals surface area contributed by atoms with E-state index < -0.39 is 17.2 Å². The molecule has 0 saturated carbocycles. The Kier molecular flexibility index (Phi) is 10.1. The molecule has 2 fully saturated rings. The first-order chi connectivity index (χ1) is 14.8. The number of halogens is 4. The maximum Gasteiger partial charge on any atom is 0.416 e. The van der Waals surface area contributed by atoms with E-state index >= 15 is 0 Å². The molecular formula is C22H32F3IN4O2. The number of hydrogen-bond acceptors (Lipinski definition) is 3. The first-order valence-electron chi connectivity index (χ1n) is 10.9. The molecule has 0 unspecified atom stereocenters. The van der Waals surface area contributed by atoms with Crippen LogP contribution in [0.3, 0.4) is 0 Å². The molecule has 0 aliphatic carbocycles. The number of carbonyl (C=O) groups is 1. The van der Waals surface area contributed by atoms with Crippen molar-refractivity contribution in [3.63, 3.8) is 0 Å². The molecule has 0 bridgehead atoms. The molecular weight excluding hydrogens is 536 g/mol. The second-order valence-corrected chi connectivity index (χ2v) is 8.11. The van der Waals surface area contributed by atoms with E-state index in [0.717, 1.165) is 32.0 Å². The standard InChI is InChI=1S/C22H31F3N4O2.HI/c1-2-26-20(27-15-19(30)29-10-3-4-11-29)28-16-21(8-12-31-13-9-21)17-6-5-7-18(14-17)22(23,24)25;/h5-7,14H,2-4,8-13,15-16H2,1H3,(H2,26,27,28);1H. The van der Waals surface area contributed by atoms with Crippen LogP contribution in [0.25, 0.3) is 0 Å². The van der Waals surface area contributed by atoms with Gasteiger partial charge in [0.1, 0.15) is 6.54 Å². The van der Waals surface area contributed by atoms with Gasteiger partial charge in [-0.2, -0.15) is 13.2 Å². The number of rotatable bonds is 6. The second kappa shape index (κ2) is 12.1. The maximum atomic E-state index is 13.3. The van der Waals surface area contributed by atoms with Crippen molar-refractivity contribution >= 4 is 35.8 Å². The molecule has 2 aliphatic heterocycles. The number of nitrogens with zero attached hydrogens (tertiary/aromatic N) is 2. The lowest BCUT2D eigenvalue weighted by molar-refractivity contribution is -0.137. The Hall–Kier alpha value is -1.56. The smallest absolute Gasteiger partial charge is 0.381 e. The van der Waals surface area contributed by atoms with Crippen LogP contribution in [0, 0.1) is 0 Å². The van der Waals surface area contributed by atoms with Crippen LogP contribution in [0.1, 0.15) is 43.7 Å². The van der Waals surface area contributed by atoms with Gasteiger partial charge in [-0.1, -0.05) is 18.2 Å². The van der Waals surface area contributed by atoms with Crippen molar-refractivity contribution in [2.45, 2.75) is 44.2 Å². The Morgan fingerprint density at radius 2 is 1.88 bits per heavy atom. The summed E-state index contributed by atoms with van der Waals surface area (Å²) in [4.78, 5) is 18.5. The molecule has 1 aromatic rings. The minimum absolute atomic E-state index is 0. The fourth-order valence-corrected chi connectivity index (χ4v) is 4.16. The van der Waals surface area contributed by atoms with Gasteiger partial charge < -0.3 is 20.3 Å². The van der Waals surface area contributed by atoms with Crippen LogP contribution < -0.4 is 10.6 Å². The molecule has 180 valence electrons. The van der Waals surface area contributed by atoms with E-state index in [2.05, 4.69) is 15.6 Å². The topological polar surface area (TPSA) is 66.0 Å². The summed E-state index contributed by atoms with van der Waals surface area (Å²) in [7, 11) is 0. The lowest BCUT2D eigenvalue weighted by atomic mass is 9.73. The number of hydrogen-bond donors (Lipinski definition) is 2. The molecule has 0 aromatic heterocycles. The zero-order valence-corrected chi connectivity index (χ0v) is 20.7. The van der Waals surface area contributed by atoms with Crippen LogP contribution in [0.15, 0.2) is 29.3 Å². The lowest BCUT2D eigenvalue weighted by Gasteiger charge is -2.38. The summed E-state index contributed by atoms with van der Waals surface area (Å²) < 4.78 is 45.3. The molecule has 2 saturated heterocycles. The van der Waals surface area contributed by atoms with Crippen LogP contribution in [-0.2, 0) is 21.1 Å². The summed E-state index contributed by atoms with van der Waals surface area (Å²) in [5, 5.41) is 6.39. The molecule has 0 spiro atoms. The average molecular weight is 568 g/mol. The van der Waals surface area contributed by atoms with E-state index in [0.29, 0.717) is 50.7 Å². The summed E-state index contributed by atoms with van der Waals surface area (Å²) in [6, 6.07) is 5.56. The Labute approximate surface area is 204 Å². The summed E-state index contributed by atoms with van der Waals surface area (Å²) in [6.07, 6.45) is -1.13. The van der Waals surface area contributed by atoms with Crippen molar-refractivity contribution in [2.24, 2.45) is 4.99 Å². The number of aliphatic imine (C=N–C) groups is 1. The first-order valence-corrected chi connectivity index (χ1v) is 10.9. The van der Waals surface area contributed by atoms with Crippen LogP contribution >= 0.6 is 24.0 Å². The van der Waals surface area contributed by atoms with E-state index in [1.165, 1.54) is 12.1 Å². The zero-order valence-electron chi connectivity index (χ0n) is 18.3. The van der Waals surface area contributed by atoms with Crippen LogP contribution in [-0.4, -0.2) is 62.7 Å². The Morgan fingerprint density at radius 3 is 2.50 bits per heavy atom. The Morgan fingerprint density at radius 1 is 1.19 bits per heavy atom. The number of amides is 1. The molecule has 6 nitrogen and oxygen atoms in total. The third-order valence-electron chi connectivity index (χ3n) is 6.02. The van der Waals surface area contributed by atoms with Gasteiger partial charge in [-0.25, -0.2) is 4.99 Å². The second-order valence-electron chi connectivity index (χ2n) is 8.11. The first kappa shape index (κ1) is 26.7. The fraction of sp³-hybridized carbons (Fsp3) is 0.636. The molecule has 3 rings (SSSR count). The summed E-state index contributed by atoms with van der Waals surface area (Å²) in [6.45, 7) is 5.52. The van der Waals surface area contributed by atoms with Crippen molar-refractivity contribution in [3.8, 4) is 0 Å². The number of carbonyl (C=O) groups excluding carboxylic acids is 1. The minimum atomic E-state index is -4.39. The quantitative estimate of drug-likeness (QED) is 0.313. The molecule has 32 heavy (non-hydrogen) atoms. The van der Waals surface area contributed by atoms with Crippen molar-refractivity contribution in [1.82, 2.24) is 15.5 Å². The van der Waals surface area contributed by atoms with Gasteiger partial charge in [-0.05, 0) is 44.2 Å². The fourth-order valence-electron chi connectivity index (χ4n) is 4.16. The highest BCUT2D eigenvalue weighted by Gasteiger charge is 2.37. The Bertz CT molecular complexity index is 777. The third kappa shape index (κ3) is 6.97. The van der Waals surface area contributed by atoms with E-state index in [1.807, 2.05) is 11.8 Å². The van der Waals surface area contributed by atoms with Crippen molar-refractivity contribution < 1.29 is 22.7 Å². The molecule has 10 heteroatoms. The maximum absolute atomic E-state index is 13.3. The SMILES string of the molecule is CCNC(=NCC(=O)N1CCCC1)NCC1(c2cccc(C(F)(F)F)c2)CCOCC1.I. The van der Waals surface area contributed by atoms with Gasteiger partial charge in [-0.15, -0.1) is 24.0 Å². The highest BCUT2D eigenvalue weighted by atomic mass is 127. The van der Waals surface area contributed by atoms with Gasteiger partial charge in [0.15, 0.2) is 5.96 Å². The number of guanidine groups is 1. The predicted molar refractivity (Wildman–Crippen MR) is 128 cm³/mol.